The van der Waals surface area contributed by atoms with E-state index in [2.05, 4.69) is 53.5 Å². The lowest BCUT2D eigenvalue weighted by Crippen LogP contribution is -2.11. The van der Waals surface area contributed by atoms with E-state index >= 15 is 0 Å². The van der Waals surface area contributed by atoms with Gasteiger partial charge in [-0.15, -0.1) is 0 Å². The molecule has 8 heteroatoms. The molecule has 0 fully saturated rings. The molecule has 7 nitrogen and oxygen atoms in total. The third kappa shape index (κ3) is 5.76. The summed E-state index contributed by atoms with van der Waals surface area (Å²) in [5.41, 5.74) is 2.17. The van der Waals surface area contributed by atoms with Crippen LogP contribution in [0.4, 0.5) is 28.8 Å². The van der Waals surface area contributed by atoms with Gasteiger partial charge >= 0.3 is 0 Å². The van der Waals surface area contributed by atoms with Gasteiger partial charge in [-0.1, -0.05) is 6.07 Å². The van der Waals surface area contributed by atoms with Crippen LogP contribution in [0.2, 0.25) is 0 Å². The number of benzene rings is 2. The average Bonchev–Trinajstić information content (AvgIpc) is 2.76. The standard InChI is InChI=1S/C23H19IN6O/c1-15-26-21(14-22(27-15)30-20-4-2-3-13-25-20)28-18-9-11-19(12-10-18)29-23(31)16-5-7-17(24)8-6-16/h2-14H,1H3,(H,29,31)(H2,25,26,27,28,30). The lowest BCUT2D eigenvalue weighted by Gasteiger charge is -2.11. The number of halogens is 1. The number of nitrogens with one attached hydrogen (secondary N) is 3. The summed E-state index contributed by atoms with van der Waals surface area (Å²) in [4.78, 5) is 25.5. The number of nitrogens with zero attached hydrogens (tertiary/aromatic N) is 3. The fraction of sp³-hybridized carbons (Fsp3) is 0.0435. The Hall–Kier alpha value is -3.53. The molecular weight excluding hydrogens is 503 g/mol. The van der Waals surface area contributed by atoms with Crippen LogP contribution < -0.4 is 16.0 Å². The summed E-state index contributed by atoms with van der Waals surface area (Å²) in [6, 6.07) is 22.3. The minimum Gasteiger partial charge on any atom is -0.340 e. The van der Waals surface area contributed by atoms with Gasteiger partial charge in [-0.2, -0.15) is 0 Å². The number of hydrogen-bond acceptors (Lipinski definition) is 6. The Bertz CT molecular complexity index is 1180. The second-order valence-corrected chi connectivity index (χ2v) is 7.93. The Morgan fingerprint density at radius 1 is 0.806 bits per heavy atom. The van der Waals surface area contributed by atoms with E-state index < -0.39 is 0 Å². The number of amides is 1. The van der Waals surface area contributed by atoms with Crippen LogP contribution in [-0.2, 0) is 0 Å². The average molecular weight is 522 g/mol. The second-order valence-electron chi connectivity index (χ2n) is 6.69. The van der Waals surface area contributed by atoms with Crippen molar-refractivity contribution < 1.29 is 4.79 Å². The van der Waals surface area contributed by atoms with Crippen LogP contribution in [0, 0.1) is 10.5 Å². The molecule has 1 amide bonds. The predicted octanol–water partition coefficient (Wildman–Crippen LogP) is 5.52. The first-order chi connectivity index (χ1) is 15.0. The normalized spacial score (nSPS) is 10.4. The molecule has 0 saturated heterocycles. The van der Waals surface area contributed by atoms with Crippen LogP contribution >= 0.6 is 22.6 Å². The van der Waals surface area contributed by atoms with Crippen molar-refractivity contribution in [2.75, 3.05) is 16.0 Å². The van der Waals surface area contributed by atoms with E-state index in [0.29, 0.717) is 34.5 Å². The Morgan fingerprint density at radius 2 is 1.48 bits per heavy atom. The van der Waals surface area contributed by atoms with E-state index in [4.69, 9.17) is 0 Å². The first-order valence-corrected chi connectivity index (χ1v) is 10.6. The Labute approximate surface area is 193 Å². The molecule has 0 spiro atoms. The minimum absolute atomic E-state index is 0.145. The van der Waals surface area contributed by atoms with E-state index in [-0.39, 0.29) is 5.91 Å². The van der Waals surface area contributed by atoms with Crippen molar-refractivity contribution in [3.8, 4) is 0 Å². The maximum Gasteiger partial charge on any atom is 0.255 e. The molecule has 0 aliphatic heterocycles. The van der Waals surface area contributed by atoms with Crippen molar-refractivity contribution in [3.05, 3.63) is 94.0 Å². The highest BCUT2D eigenvalue weighted by atomic mass is 127. The number of hydrogen-bond donors (Lipinski definition) is 3. The van der Waals surface area contributed by atoms with Gasteiger partial charge in [0.1, 0.15) is 23.3 Å². The number of rotatable bonds is 6. The number of anilines is 5. The van der Waals surface area contributed by atoms with Crippen molar-refractivity contribution in [2.24, 2.45) is 0 Å². The summed E-state index contributed by atoms with van der Waals surface area (Å²) in [5.74, 6) is 2.50. The van der Waals surface area contributed by atoms with Gasteiger partial charge in [-0.05, 0) is 90.2 Å². The van der Waals surface area contributed by atoms with Crippen molar-refractivity contribution in [3.63, 3.8) is 0 Å². The second kappa shape index (κ2) is 9.52. The van der Waals surface area contributed by atoms with Gasteiger partial charge in [-0.25, -0.2) is 15.0 Å². The van der Waals surface area contributed by atoms with Crippen LogP contribution in [-0.4, -0.2) is 20.9 Å². The molecule has 0 atom stereocenters. The van der Waals surface area contributed by atoms with Gasteiger partial charge in [0, 0.05) is 32.8 Å². The van der Waals surface area contributed by atoms with Crippen molar-refractivity contribution in [1.29, 1.82) is 0 Å². The number of pyridine rings is 1. The maximum atomic E-state index is 12.4. The van der Waals surface area contributed by atoms with Crippen LogP contribution in [0.25, 0.3) is 0 Å². The highest BCUT2D eigenvalue weighted by Gasteiger charge is 2.07. The third-order valence-electron chi connectivity index (χ3n) is 4.28. The summed E-state index contributed by atoms with van der Waals surface area (Å²) in [6.45, 7) is 1.83. The first kappa shape index (κ1) is 20.7. The van der Waals surface area contributed by atoms with E-state index in [1.807, 2.05) is 67.6 Å². The Morgan fingerprint density at radius 3 is 2.16 bits per heavy atom. The zero-order chi connectivity index (χ0) is 21.6. The van der Waals surface area contributed by atoms with Crippen molar-refractivity contribution in [1.82, 2.24) is 15.0 Å². The van der Waals surface area contributed by atoms with Gasteiger partial charge in [-0.3, -0.25) is 4.79 Å². The molecule has 3 N–H and O–H groups in total. The molecule has 0 aliphatic carbocycles. The summed E-state index contributed by atoms with van der Waals surface area (Å²) in [7, 11) is 0. The fourth-order valence-corrected chi connectivity index (χ4v) is 3.21. The van der Waals surface area contributed by atoms with Gasteiger partial charge < -0.3 is 16.0 Å². The fourth-order valence-electron chi connectivity index (χ4n) is 2.85. The number of aromatic nitrogens is 3. The number of aryl methyl sites for hydroxylation is 1. The predicted molar refractivity (Wildman–Crippen MR) is 131 cm³/mol. The SMILES string of the molecule is Cc1nc(Nc2ccc(NC(=O)c3ccc(I)cc3)cc2)cc(Nc2ccccn2)n1. The molecule has 4 aromatic rings. The lowest BCUT2D eigenvalue weighted by molar-refractivity contribution is 0.102. The monoisotopic (exact) mass is 522 g/mol. The van der Waals surface area contributed by atoms with Crippen molar-refractivity contribution in [2.45, 2.75) is 6.92 Å². The molecule has 0 bridgehead atoms. The molecule has 0 aliphatic rings. The minimum atomic E-state index is -0.145. The van der Waals surface area contributed by atoms with E-state index in [1.165, 1.54) is 0 Å². The maximum absolute atomic E-state index is 12.4. The molecule has 2 aromatic carbocycles. The van der Waals surface area contributed by atoms with E-state index in [9.17, 15) is 4.79 Å². The zero-order valence-corrected chi connectivity index (χ0v) is 18.8. The van der Waals surface area contributed by atoms with Gasteiger partial charge in [0.05, 0.1) is 0 Å². The van der Waals surface area contributed by atoms with E-state index in [0.717, 1.165) is 9.26 Å². The van der Waals surface area contributed by atoms with E-state index in [1.54, 1.807) is 18.3 Å². The summed E-state index contributed by atoms with van der Waals surface area (Å²) in [5, 5.41) is 9.34. The van der Waals surface area contributed by atoms with Gasteiger partial charge in [0.15, 0.2) is 0 Å². The van der Waals surface area contributed by atoms with Gasteiger partial charge in [0.25, 0.3) is 5.91 Å². The Kier molecular flexibility index (Phi) is 6.37. The largest absolute Gasteiger partial charge is 0.340 e. The lowest BCUT2D eigenvalue weighted by atomic mass is 10.2. The van der Waals surface area contributed by atoms with Crippen LogP contribution in [0.5, 0.6) is 0 Å². The number of carbonyl (C=O) groups is 1. The molecule has 31 heavy (non-hydrogen) atoms. The highest BCUT2D eigenvalue weighted by molar-refractivity contribution is 14.1. The van der Waals surface area contributed by atoms with Crippen molar-refractivity contribution >= 4 is 57.3 Å². The summed E-state index contributed by atoms with van der Waals surface area (Å²) in [6.07, 6.45) is 1.72. The van der Waals surface area contributed by atoms with Crippen LogP contribution in [0.1, 0.15) is 16.2 Å². The highest BCUT2D eigenvalue weighted by Crippen LogP contribution is 2.21. The molecule has 0 unspecified atom stereocenters. The zero-order valence-electron chi connectivity index (χ0n) is 16.6. The molecule has 4 rings (SSSR count). The summed E-state index contributed by atoms with van der Waals surface area (Å²) < 4.78 is 1.09. The quantitative estimate of drug-likeness (QED) is 0.289. The van der Waals surface area contributed by atoms with Crippen LogP contribution in [0.15, 0.2) is 79.0 Å². The first-order valence-electron chi connectivity index (χ1n) is 9.53. The smallest absolute Gasteiger partial charge is 0.255 e. The molecule has 2 aromatic heterocycles. The van der Waals surface area contributed by atoms with Crippen LogP contribution in [0.3, 0.4) is 0 Å². The molecular formula is C23H19IN6O. The molecule has 2 heterocycles. The molecule has 0 radical (unpaired) electrons. The molecule has 154 valence electrons. The Balaban J connectivity index is 1.43. The topological polar surface area (TPSA) is 91.8 Å². The summed E-state index contributed by atoms with van der Waals surface area (Å²) >= 11 is 2.21. The molecule has 0 saturated carbocycles. The van der Waals surface area contributed by atoms with Gasteiger partial charge in [0.2, 0.25) is 0 Å². The third-order valence-corrected chi connectivity index (χ3v) is 5.00. The number of carbonyl (C=O) groups excluding carboxylic acids is 1.